The van der Waals surface area contributed by atoms with Crippen LogP contribution in [0.25, 0.3) is 0 Å². The monoisotopic (exact) mass is 191 g/mol. The molecule has 1 heteroatoms. The Morgan fingerprint density at radius 2 is 2.07 bits per heavy atom. The number of piperidine rings is 1. The summed E-state index contributed by atoms with van der Waals surface area (Å²) in [4.78, 5) is 2.52. The highest BCUT2D eigenvalue weighted by Gasteiger charge is 2.40. The summed E-state index contributed by atoms with van der Waals surface area (Å²) in [6, 6.07) is 0. The van der Waals surface area contributed by atoms with E-state index >= 15 is 0 Å². The van der Waals surface area contributed by atoms with Gasteiger partial charge in [-0.2, -0.15) is 0 Å². The highest BCUT2D eigenvalue weighted by Crippen LogP contribution is 2.44. The van der Waals surface area contributed by atoms with E-state index in [4.69, 9.17) is 0 Å². The van der Waals surface area contributed by atoms with Gasteiger partial charge in [0.25, 0.3) is 0 Å². The maximum atomic E-state index is 3.31. The molecule has 2 unspecified atom stereocenters. The molecule has 1 nitrogen and oxygen atoms in total. The van der Waals surface area contributed by atoms with Gasteiger partial charge in [0.15, 0.2) is 0 Å². The summed E-state index contributed by atoms with van der Waals surface area (Å²) in [7, 11) is 0. The number of hydrogen-bond acceptors (Lipinski definition) is 1. The molecular weight excluding hydrogens is 170 g/mol. The SMILES string of the molecule is CC(C)(C)C#CCN1CCC2CC2C1. The van der Waals surface area contributed by atoms with Gasteiger partial charge in [-0.1, -0.05) is 11.8 Å². The molecule has 78 valence electrons. The first kappa shape index (κ1) is 10.1. The number of hydrogen-bond donors (Lipinski definition) is 0. The summed E-state index contributed by atoms with van der Waals surface area (Å²) in [5.41, 5.74) is 0.165. The lowest BCUT2D eigenvalue weighted by Crippen LogP contribution is -2.31. The molecule has 2 aliphatic rings. The van der Waals surface area contributed by atoms with Crippen LogP contribution in [0.1, 0.15) is 33.6 Å². The van der Waals surface area contributed by atoms with Gasteiger partial charge in [-0.25, -0.2) is 0 Å². The Morgan fingerprint density at radius 3 is 2.71 bits per heavy atom. The summed E-state index contributed by atoms with van der Waals surface area (Å²) in [6.07, 6.45) is 2.91. The van der Waals surface area contributed by atoms with Gasteiger partial charge in [-0.3, -0.25) is 4.90 Å². The van der Waals surface area contributed by atoms with E-state index in [2.05, 4.69) is 37.5 Å². The largest absolute Gasteiger partial charge is 0.292 e. The van der Waals surface area contributed by atoms with Crippen LogP contribution in [0.3, 0.4) is 0 Å². The minimum atomic E-state index is 0.165. The lowest BCUT2D eigenvalue weighted by molar-refractivity contribution is 0.244. The molecule has 0 aromatic heterocycles. The fourth-order valence-electron chi connectivity index (χ4n) is 2.22. The lowest BCUT2D eigenvalue weighted by Gasteiger charge is -2.23. The van der Waals surface area contributed by atoms with Crippen LogP contribution in [0, 0.1) is 29.1 Å². The molecule has 0 aromatic carbocycles. The van der Waals surface area contributed by atoms with Gasteiger partial charge in [0.1, 0.15) is 0 Å². The fourth-order valence-corrected chi connectivity index (χ4v) is 2.22. The third-order valence-corrected chi connectivity index (χ3v) is 3.14. The number of nitrogens with zero attached hydrogens (tertiary/aromatic N) is 1. The van der Waals surface area contributed by atoms with Crippen LogP contribution in [-0.4, -0.2) is 24.5 Å². The molecule has 1 saturated carbocycles. The van der Waals surface area contributed by atoms with Crippen LogP contribution in [0.15, 0.2) is 0 Å². The van der Waals surface area contributed by atoms with E-state index in [9.17, 15) is 0 Å². The highest BCUT2D eigenvalue weighted by molar-refractivity contribution is 5.09. The van der Waals surface area contributed by atoms with Gasteiger partial charge in [0.2, 0.25) is 0 Å². The minimum absolute atomic E-state index is 0.165. The van der Waals surface area contributed by atoms with E-state index < -0.39 is 0 Å². The Morgan fingerprint density at radius 1 is 1.29 bits per heavy atom. The highest BCUT2D eigenvalue weighted by atomic mass is 15.1. The molecule has 0 spiro atoms. The summed E-state index contributed by atoms with van der Waals surface area (Å²) < 4.78 is 0. The summed E-state index contributed by atoms with van der Waals surface area (Å²) in [6.45, 7) is 10.1. The zero-order chi connectivity index (χ0) is 10.2. The van der Waals surface area contributed by atoms with Crippen molar-refractivity contribution >= 4 is 0 Å². The quantitative estimate of drug-likeness (QED) is 0.575. The van der Waals surface area contributed by atoms with Crippen molar-refractivity contribution in [2.75, 3.05) is 19.6 Å². The van der Waals surface area contributed by atoms with Crippen molar-refractivity contribution in [3.05, 3.63) is 0 Å². The van der Waals surface area contributed by atoms with Crippen molar-refractivity contribution in [2.24, 2.45) is 17.3 Å². The van der Waals surface area contributed by atoms with Crippen LogP contribution in [0.5, 0.6) is 0 Å². The second-order valence-electron chi connectivity index (χ2n) is 5.83. The van der Waals surface area contributed by atoms with Crippen molar-refractivity contribution in [2.45, 2.75) is 33.6 Å². The first-order valence-electron chi connectivity index (χ1n) is 5.77. The van der Waals surface area contributed by atoms with Crippen molar-refractivity contribution in [3.8, 4) is 11.8 Å². The molecule has 1 heterocycles. The standard InChI is InChI=1S/C13H21N/c1-13(2,3)6-4-7-14-8-5-11-9-12(11)10-14/h11-12H,5,7-10H2,1-3H3. The Hall–Kier alpha value is -0.480. The third-order valence-electron chi connectivity index (χ3n) is 3.14. The molecule has 1 aliphatic heterocycles. The normalized spacial score (nSPS) is 31.6. The van der Waals surface area contributed by atoms with Crippen LogP contribution in [0.2, 0.25) is 0 Å². The summed E-state index contributed by atoms with van der Waals surface area (Å²) >= 11 is 0. The van der Waals surface area contributed by atoms with Gasteiger partial charge >= 0.3 is 0 Å². The Labute approximate surface area is 87.9 Å². The average molecular weight is 191 g/mol. The Balaban J connectivity index is 1.76. The van der Waals surface area contributed by atoms with Crippen molar-refractivity contribution in [3.63, 3.8) is 0 Å². The second-order valence-corrected chi connectivity index (χ2v) is 5.83. The van der Waals surface area contributed by atoms with E-state index in [1.54, 1.807) is 0 Å². The van der Waals surface area contributed by atoms with Gasteiger partial charge < -0.3 is 0 Å². The molecule has 1 aliphatic carbocycles. The van der Waals surface area contributed by atoms with Gasteiger partial charge in [0.05, 0.1) is 6.54 Å². The van der Waals surface area contributed by atoms with E-state index in [1.807, 2.05) is 0 Å². The predicted molar refractivity (Wildman–Crippen MR) is 59.9 cm³/mol. The molecule has 0 aromatic rings. The smallest absolute Gasteiger partial charge is 0.0601 e. The van der Waals surface area contributed by atoms with Crippen molar-refractivity contribution < 1.29 is 0 Å². The summed E-state index contributed by atoms with van der Waals surface area (Å²) in [5.74, 6) is 8.73. The van der Waals surface area contributed by atoms with Crippen molar-refractivity contribution in [1.29, 1.82) is 0 Å². The van der Waals surface area contributed by atoms with E-state index in [0.717, 1.165) is 18.4 Å². The molecule has 0 bridgehead atoms. The van der Waals surface area contributed by atoms with Gasteiger partial charge in [-0.15, -0.1) is 0 Å². The molecule has 0 radical (unpaired) electrons. The number of rotatable bonds is 1. The summed E-state index contributed by atoms with van der Waals surface area (Å²) in [5, 5.41) is 0. The second kappa shape index (κ2) is 3.59. The predicted octanol–water partition coefficient (Wildman–Crippen LogP) is 2.38. The number of likely N-dealkylation sites (tertiary alicyclic amines) is 1. The van der Waals surface area contributed by atoms with Gasteiger partial charge in [0, 0.05) is 12.0 Å². The topological polar surface area (TPSA) is 3.24 Å². The molecule has 2 fully saturated rings. The number of fused-ring (bicyclic) bond motifs is 1. The van der Waals surface area contributed by atoms with Crippen LogP contribution in [0.4, 0.5) is 0 Å². The molecule has 2 rings (SSSR count). The lowest BCUT2D eigenvalue weighted by atomic mass is 9.98. The average Bonchev–Trinajstić information content (AvgIpc) is 2.79. The van der Waals surface area contributed by atoms with Gasteiger partial charge in [-0.05, 0) is 52.0 Å². The first-order chi connectivity index (χ1) is 6.54. The molecule has 2 atom stereocenters. The minimum Gasteiger partial charge on any atom is -0.292 e. The first-order valence-corrected chi connectivity index (χ1v) is 5.77. The molecular formula is C13H21N. The molecule has 0 N–H and O–H groups in total. The van der Waals surface area contributed by atoms with E-state index in [0.29, 0.717) is 0 Å². The third kappa shape index (κ3) is 2.75. The van der Waals surface area contributed by atoms with Crippen LogP contribution in [-0.2, 0) is 0 Å². The Bertz CT molecular complexity index is 263. The Kier molecular flexibility index (Phi) is 2.58. The van der Waals surface area contributed by atoms with E-state index in [1.165, 1.54) is 25.9 Å². The fraction of sp³-hybridized carbons (Fsp3) is 0.846. The maximum Gasteiger partial charge on any atom is 0.0601 e. The molecule has 1 saturated heterocycles. The van der Waals surface area contributed by atoms with Crippen molar-refractivity contribution in [1.82, 2.24) is 4.90 Å². The molecule has 14 heavy (non-hydrogen) atoms. The maximum absolute atomic E-state index is 3.31. The van der Waals surface area contributed by atoms with Crippen LogP contribution >= 0.6 is 0 Å². The zero-order valence-corrected chi connectivity index (χ0v) is 9.64. The van der Waals surface area contributed by atoms with E-state index in [-0.39, 0.29) is 5.41 Å². The zero-order valence-electron chi connectivity index (χ0n) is 9.64. The molecule has 0 amide bonds. The van der Waals surface area contributed by atoms with Crippen LogP contribution < -0.4 is 0 Å².